The third-order valence-electron chi connectivity index (χ3n) is 4.27. The van der Waals surface area contributed by atoms with Crippen molar-refractivity contribution >= 4 is 15.9 Å². The fourth-order valence-corrected chi connectivity index (χ4v) is 4.12. The number of benzene rings is 1. The highest BCUT2D eigenvalue weighted by molar-refractivity contribution is 7.89. The van der Waals surface area contributed by atoms with Gasteiger partial charge in [-0.1, -0.05) is 23.8 Å². The molecule has 0 spiro atoms. The quantitative estimate of drug-likeness (QED) is 0.753. The zero-order valence-corrected chi connectivity index (χ0v) is 17.1. The molecule has 7 heteroatoms. The Balaban J connectivity index is 1.98. The lowest BCUT2D eigenvalue weighted by molar-refractivity contribution is -0.133. The minimum atomic E-state index is -3.64. The number of hydrogen-bond donors (Lipinski definition) is 1. The van der Waals surface area contributed by atoms with Gasteiger partial charge in [0.05, 0.1) is 4.90 Å². The van der Waals surface area contributed by atoms with Crippen molar-refractivity contribution in [2.75, 3.05) is 6.54 Å². The van der Waals surface area contributed by atoms with E-state index < -0.39 is 10.0 Å². The predicted molar refractivity (Wildman–Crippen MR) is 106 cm³/mol. The number of nitrogens with zero attached hydrogens (tertiary/aromatic N) is 2. The zero-order chi connectivity index (χ0) is 20.0. The van der Waals surface area contributed by atoms with Crippen molar-refractivity contribution in [3.8, 4) is 0 Å². The third kappa shape index (κ3) is 5.87. The Bertz CT molecular complexity index is 881. The molecule has 0 radical (unpaired) electrons. The molecule has 2 aromatic rings. The molecule has 0 aliphatic heterocycles. The summed E-state index contributed by atoms with van der Waals surface area (Å²) in [6.45, 7) is 8.07. The normalized spacial score (nSPS) is 11.6. The van der Waals surface area contributed by atoms with E-state index in [1.54, 1.807) is 36.4 Å². The van der Waals surface area contributed by atoms with Gasteiger partial charge in [0, 0.05) is 37.9 Å². The molecule has 0 aliphatic carbocycles. The van der Waals surface area contributed by atoms with Crippen molar-refractivity contribution in [1.29, 1.82) is 0 Å². The van der Waals surface area contributed by atoms with E-state index in [4.69, 9.17) is 0 Å². The van der Waals surface area contributed by atoms with Crippen LogP contribution in [0.4, 0.5) is 0 Å². The number of rotatable bonds is 8. The van der Waals surface area contributed by atoms with Crippen molar-refractivity contribution in [2.24, 2.45) is 0 Å². The molecule has 1 heterocycles. The summed E-state index contributed by atoms with van der Waals surface area (Å²) in [7, 11) is -3.64. The van der Waals surface area contributed by atoms with Crippen LogP contribution < -0.4 is 4.72 Å². The number of amides is 1. The summed E-state index contributed by atoms with van der Waals surface area (Å²) in [6.07, 6.45) is 3.51. The first-order valence-electron chi connectivity index (χ1n) is 8.96. The van der Waals surface area contributed by atoms with Gasteiger partial charge in [-0.05, 0) is 51.0 Å². The first-order valence-corrected chi connectivity index (χ1v) is 10.4. The number of nitrogens with one attached hydrogen (secondary N) is 1. The molecule has 0 bridgehead atoms. The standard InChI is InChI=1S/C20H27N3O3S/c1-15(2)23(14-18-6-5-10-21-13-18)20(24)9-11-22-27(25,26)19-8-7-16(3)12-17(19)4/h5-8,10,12-13,15,22H,9,11,14H2,1-4H3. The van der Waals surface area contributed by atoms with E-state index in [9.17, 15) is 13.2 Å². The van der Waals surface area contributed by atoms with E-state index in [0.717, 1.165) is 11.1 Å². The number of aromatic nitrogens is 1. The van der Waals surface area contributed by atoms with Crippen LogP contribution in [-0.4, -0.2) is 36.8 Å². The van der Waals surface area contributed by atoms with E-state index in [-0.39, 0.29) is 29.8 Å². The second-order valence-corrected chi connectivity index (χ2v) is 8.63. The number of sulfonamides is 1. The van der Waals surface area contributed by atoms with Gasteiger partial charge in [-0.15, -0.1) is 0 Å². The molecule has 6 nitrogen and oxygen atoms in total. The Morgan fingerprint density at radius 1 is 1.22 bits per heavy atom. The van der Waals surface area contributed by atoms with Crippen LogP contribution in [0.3, 0.4) is 0 Å². The lowest BCUT2D eigenvalue weighted by Crippen LogP contribution is -2.38. The minimum absolute atomic E-state index is 0.00802. The van der Waals surface area contributed by atoms with Gasteiger partial charge in [-0.2, -0.15) is 0 Å². The van der Waals surface area contributed by atoms with E-state index in [2.05, 4.69) is 9.71 Å². The van der Waals surface area contributed by atoms with Crippen LogP contribution in [0.25, 0.3) is 0 Å². The van der Waals surface area contributed by atoms with E-state index in [0.29, 0.717) is 12.1 Å². The molecule has 0 aliphatic rings. The molecule has 1 aromatic carbocycles. The summed E-state index contributed by atoms with van der Waals surface area (Å²) in [6, 6.07) is 8.94. The van der Waals surface area contributed by atoms with Crippen molar-refractivity contribution in [3.05, 3.63) is 59.4 Å². The van der Waals surface area contributed by atoms with Crippen LogP contribution in [0.2, 0.25) is 0 Å². The van der Waals surface area contributed by atoms with Crippen molar-refractivity contribution in [1.82, 2.24) is 14.6 Å². The average Bonchev–Trinajstić information content (AvgIpc) is 2.59. The van der Waals surface area contributed by atoms with Gasteiger partial charge in [-0.25, -0.2) is 13.1 Å². The van der Waals surface area contributed by atoms with Gasteiger partial charge in [0.2, 0.25) is 15.9 Å². The fraction of sp³-hybridized carbons (Fsp3) is 0.400. The highest BCUT2D eigenvalue weighted by Crippen LogP contribution is 2.16. The Morgan fingerprint density at radius 2 is 1.96 bits per heavy atom. The molecule has 1 aromatic heterocycles. The highest BCUT2D eigenvalue weighted by Gasteiger charge is 2.20. The van der Waals surface area contributed by atoms with Crippen molar-refractivity contribution in [2.45, 2.75) is 51.6 Å². The molecule has 0 fully saturated rings. The maximum atomic E-state index is 12.6. The molecule has 0 saturated carbocycles. The van der Waals surface area contributed by atoms with Gasteiger partial charge in [0.15, 0.2) is 0 Å². The van der Waals surface area contributed by atoms with Crippen molar-refractivity contribution < 1.29 is 13.2 Å². The Kier molecular flexibility index (Phi) is 7.10. The number of carbonyl (C=O) groups excluding carboxylic acids is 1. The molecule has 1 N–H and O–H groups in total. The SMILES string of the molecule is Cc1ccc(S(=O)(=O)NCCC(=O)N(Cc2cccnc2)C(C)C)c(C)c1. The number of aryl methyl sites for hydroxylation is 2. The monoisotopic (exact) mass is 389 g/mol. The second-order valence-electron chi connectivity index (χ2n) is 6.89. The summed E-state index contributed by atoms with van der Waals surface area (Å²) in [4.78, 5) is 18.6. The largest absolute Gasteiger partial charge is 0.336 e. The van der Waals surface area contributed by atoms with Crippen LogP contribution >= 0.6 is 0 Å². The van der Waals surface area contributed by atoms with Gasteiger partial charge >= 0.3 is 0 Å². The first kappa shape index (κ1) is 21.1. The fourth-order valence-electron chi connectivity index (χ4n) is 2.86. The lowest BCUT2D eigenvalue weighted by Gasteiger charge is -2.27. The van der Waals surface area contributed by atoms with Crippen LogP contribution in [-0.2, 0) is 21.4 Å². The maximum Gasteiger partial charge on any atom is 0.240 e. The van der Waals surface area contributed by atoms with Crippen LogP contribution in [0.5, 0.6) is 0 Å². The topological polar surface area (TPSA) is 79.4 Å². The Hall–Kier alpha value is -2.25. The molecule has 0 unspecified atom stereocenters. The molecule has 1 amide bonds. The van der Waals surface area contributed by atoms with Gasteiger partial charge < -0.3 is 4.90 Å². The van der Waals surface area contributed by atoms with Gasteiger partial charge in [0.1, 0.15) is 0 Å². The van der Waals surface area contributed by atoms with E-state index in [1.807, 2.05) is 39.0 Å². The van der Waals surface area contributed by atoms with Crippen molar-refractivity contribution in [3.63, 3.8) is 0 Å². The smallest absolute Gasteiger partial charge is 0.240 e. The summed E-state index contributed by atoms with van der Waals surface area (Å²) in [5.74, 6) is -0.0998. The third-order valence-corrected chi connectivity index (χ3v) is 5.89. The van der Waals surface area contributed by atoms with Crippen LogP contribution in [0, 0.1) is 13.8 Å². The van der Waals surface area contributed by atoms with E-state index >= 15 is 0 Å². The summed E-state index contributed by atoms with van der Waals surface area (Å²) in [5, 5.41) is 0. The van der Waals surface area contributed by atoms with E-state index in [1.165, 1.54) is 0 Å². The highest BCUT2D eigenvalue weighted by atomic mass is 32.2. The summed E-state index contributed by atoms with van der Waals surface area (Å²) >= 11 is 0. The molecular weight excluding hydrogens is 362 g/mol. The zero-order valence-electron chi connectivity index (χ0n) is 16.3. The Labute approximate surface area is 161 Å². The van der Waals surface area contributed by atoms with Crippen LogP contribution in [0.1, 0.15) is 37.0 Å². The second kappa shape index (κ2) is 9.10. The van der Waals surface area contributed by atoms with Gasteiger partial charge in [-0.3, -0.25) is 9.78 Å². The molecular formula is C20H27N3O3S. The lowest BCUT2D eigenvalue weighted by atomic mass is 10.2. The molecule has 0 saturated heterocycles. The minimum Gasteiger partial charge on any atom is -0.336 e. The summed E-state index contributed by atoms with van der Waals surface area (Å²) in [5.41, 5.74) is 2.63. The Morgan fingerprint density at radius 3 is 2.56 bits per heavy atom. The van der Waals surface area contributed by atoms with Crippen LogP contribution in [0.15, 0.2) is 47.6 Å². The number of carbonyl (C=O) groups is 1. The average molecular weight is 390 g/mol. The van der Waals surface area contributed by atoms with Gasteiger partial charge in [0.25, 0.3) is 0 Å². The number of pyridine rings is 1. The summed E-state index contributed by atoms with van der Waals surface area (Å²) < 4.78 is 27.5. The molecule has 0 atom stereocenters. The molecule has 27 heavy (non-hydrogen) atoms. The predicted octanol–water partition coefficient (Wildman–Crippen LogP) is 2.80. The molecule has 2 rings (SSSR count). The molecule has 146 valence electrons. The first-order chi connectivity index (χ1) is 12.7. The number of hydrogen-bond acceptors (Lipinski definition) is 4. The maximum absolute atomic E-state index is 12.6.